The van der Waals surface area contributed by atoms with Gasteiger partial charge in [-0.1, -0.05) is 18.2 Å². The zero-order chi connectivity index (χ0) is 8.10. The van der Waals surface area contributed by atoms with Gasteiger partial charge in [-0.15, -0.1) is 6.58 Å². The molecule has 0 atom stereocenters. The van der Waals surface area contributed by atoms with Crippen LogP contribution in [0.4, 0.5) is 0 Å². The highest BCUT2D eigenvalue weighted by Crippen LogP contribution is 2.03. The Morgan fingerprint density at radius 2 is 2.45 bits per heavy atom. The molecule has 1 N–H and O–H groups in total. The molecule has 0 aliphatic carbocycles. The predicted molar refractivity (Wildman–Crippen MR) is 48.4 cm³/mol. The van der Waals surface area contributed by atoms with Crippen LogP contribution in [0.25, 0.3) is 0 Å². The molecule has 62 valence electrons. The van der Waals surface area contributed by atoms with Gasteiger partial charge in [0.2, 0.25) is 0 Å². The first-order valence-corrected chi connectivity index (χ1v) is 4.03. The van der Waals surface area contributed by atoms with Gasteiger partial charge in [-0.25, -0.2) is 0 Å². The van der Waals surface area contributed by atoms with E-state index < -0.39 is 0 Å². The van der Waals surface area contributed by atoms with Gasteiger partial charge < -0.3 is 5.32 Å². The summed E-state index contributed by atoms with van der Waals surface area (Å²) in [5, 5.41) is 3.28. The van der Waals surface area contributed by atoms with Crippen molar-refractivity contribution in [3.63, 3.8) is 0 Å². The standard InChI is InChI=1S/C9H16N2/c1-3-4-9(2)7-11-6-5-10-8-11/h3,10H,1-2,4-8H2. The first-order chi connectivity index (χ1) is 5.33. The second kappa shape index (κ2) is 4.31. The second-order valence-corrected chi connectivity index (χ2v) is 2.95. The predicted octanol–water partition coefficient (Wildman–Crippen LogP) is 0.981. The molecule has 0 amide bonds. The Labute approximate surface area is 68.6 Å². The number of nitrogens with zero attached hydrogens (tertiary/aromatic N) is 1. The summed E-state index contributed by atoms with van der Waals surface area (Å²) in [7, 11) is 0. The molecule has 1 fully saturated rings. The fraction of sp³-hybridized carbons (Fsp3) is 0.556. The van der Waals surface area contributed by atoms with Crippen LogP contribution in [0.3, 0.4) is 0 Å². The SMILES string of the molecule is C=CCC(=C)CN1CCNC1. The van der Waals surface area contributed by atoms with Gasteiger partial charge in [0.1, 0.15) is 0 Å². The molecule has 0 aromatic rings. The Kier molecular flexibility index (Phi) is 3.33. The first-order valence-electron chi connectivity index (χ1n) is 4.03. The highest BCUT2D eigenvalue weighted by atomic mass is 15.3. The van der Waals surface area contributed by atoms with Gasteiger partial charge in [0, 0.05) is 26.3 Å². The lowest BCUT2D eigenvalue weighted by Gasteiger charge is -2.14. The third kappa shape index (κ3) is 2.87. The highest BCUT2D eigenvalue weighted by Gasteiger charge is 2.10. The Morgan fingerprint density at radius 1 is 1.64 bits per heavy atom. The zero-order valence-electron chi connectivity index (χ0n) is 6.97. The van der Waals surface area contributed by atoms with Crippen molar-refractivity contribution in [1.82, 2.24) is 10.2 Å². The van der Waals surface area contributed by atoms with Gasteiger partial charge in [-0.05, 0) is 6.42 Å². The van der Waals surface area contributed by atoms with Crippen LogP contribution in [0.1, 0.15) is 6.42 Å². The molecule has 0 bridgehead atoms. The van der Waals surface area contributed by atoms with Gasteiger partial charge in [-0.2, -0.15) is 0 Å². The van der Waals surface area contributed by atoms with E-state index in [2.05, 4.69) is 23.4 Å². The van der Waals surface area contributed by atoms with Crippen LogP contribution < -0.4 is 5.32 Å². The van der Waals surface area contributed by atoms with E-state index in [4.69, 9.17) is 0 Å². The Bertz CT molecular complexity index is 146. The topological polar surface area (TPSA) is 15.3 Å². The Balaban J connectivity index is 2.18. The third-order valence-corrected chi connectivity index (χ3v) is 1.82. The largest absolute Gasteiger partial charge is 0.303 e. The zero-order valence-corrected chi connectivity index (χ0v) is 6.97. The van der Waals surface area contributed by atoms with Gasteiger partial charge >= 0.3 is 0 Å². The van der Waals surface area contributed by atoms with E-state index in [-0.39, 0.29) is 0 Å². The van der Waals surface area contributed by atoms with Crippen molar-refractivity contribution in [3.05, 3.63) is 24.8 Å². The third-order valence-electron chi connectivity index (χ3n) is 1.82. The Morgan fingerprint density at radius 3 is 3.00 bits per heavy atom. The van der Waals surface area contributed by atoms with Crippen molar-refractivity contribution in [3.8, 4) is 0 Å². The van der Waals surface area contributed by atoms with Crippen LogP contribution >= 0.6 is 0 Å². The van der Waals surface area contributed by atoms with Crippen molar-refractivity contribution in [2.24, 2.45) is 0 Å². The summed E-state index contributed by atoms with van der Waals surface area (Å²) in [4.78, 5) is 2.35. The molecule has 0 unspecified atom stereocenters. The minimum atomic E-state index is 0.941. The number of allylic oxidation sites excluding steroid dienone is 1. The highest BCUT2D eigenvalue weighted by molar-refractivity contribution is 5.02. The maximum absolute atomic E-state index is 3.97. The maximum atomic E-state index is 3.97. The number of nitrogens with one attached hydrogen (secondary N) is 1. The molecule has 0 radical (unpaired) electrons. The molecule has 1 aliphatic heterocycles. The normalized spacial score (nSPS) is 18.5. The van der Waals surface area contributed by atoms with Crippen LogP contribution in [0, 0.1) is 0 Å². The molecule has 2 heteroatoms. The van der Waals surface area contributed by atoms with E-state index in [1.165, 1.54) is 5.57 Å². The average molecular weight is 152 g/mol. The van der Waals surface area contributed by atoms with Crippen molar-refractivity contribution in [2.75, 3.05) is 26.3 Å². The fourth-order valence-corrected chi connectivity index (χ4v) is 1.27. The average Bonchev–Trinajstić information content (AvgIpc) is 2.40. The molecule has 0 spiro atoms. The summed E-state index contributed by atoms with van der Waals surface area (Å²) >= 11 is 0. The van der Waals surface area contributed by atoms with Gasteiger partial charge in [0.15, 0.2) is 0 Å². The number of hydrogen-bond acceptors (Lipinski definition) is 2. The van der Waals surface area contributed by atoms with E-state index in [1.54, 1.807) is 0 Å². The molecule has 1 saturated heterocycles. The van der Waals surface area contributed by atoms with Gasteiger partial charge in [0.05, 0.1) is 0 Å². The van der Waals surface area contributed by atoms with Gasteiger partial charge in [0.25, 0.3) is 0 Å². The van der Waals surface area contributed by atoms with Crippen molar-refractivity contribution in [1.29, 1.82) is 0 Å². The van der Waals surface area contributed by atoms with E-state index in [0.29, 0.717) is 0 Å². The maximum Gasteiger partial charge on any atom is 0.0484 e. The van der Waals surface area contributed by atoms with E-state index in [1.807, 2.05) is 6.08 Å². The molecular weight excluding hydrogens is 136 g/mol. The van der Waals surface area contributed by atoms with Crippen molar-refractivity contribution >= 4 is 0 Å². The van der Waals surface area contributed by atoms with E-state index >= 15 is 0 Å². The number of rotatable bonds is 4. The molecule has 2 nitrogen and oxygen atoms in total. The van der Waals surface area contributed by atoms with Crippen molar-refractivity contribution in [2.45, 2.75) is 6.42 Å². The summed E-state index contributed by atoms with van der Waals surface area (Å²) in [6.07, 6.45) is 2.85. The summed E-state index contributed by atoms with van der Waals surface area (Å²) in [6.45, 7) is 11.9. The molecular formula is C9H16N2. The second-order valence-electron chi connectivity index (χ2n) is 2.95. The minimum Gasteiger partial charge on any atom is -0.303 e. The van der Waals surface area contributed by atoms with Gasteiger partial charge in [-0.3, -0.25) is 4.90 Å². The van der Waals surface area contributed by atoms with Crippen LogP contribution in [-0.4, -0.2) is 31.2 Å². The molecule has 1 rings (SSSR count). The van der Waals surface area contributed by atoms with Crippen molar-refractivity contribution < 1.29 is 0 Å². The molecule has 0 aromatic carbocycles. The van der Waals surface area contributed by atoms with Crippen LogP contribution in [0.2, 0.25) is 0 Å². The van der Waals surface area contributed by atoms with Crippen LogP contribution in [0.5, 0.6) is 0 Å². The summed E-state index contributed by atoms with van der Waals surface area (Å²) in [6, 6.07) is 0. The fourth-order valence-electron chi connectivity index (χ4n) is 1.27. The van der Waals surface area contributed by atoms with E-state index in [9.17, 15) is 0 Å². The lowest BCUT2D eigenvalue weighted by atomic mass is 10.2. The molecule has 0 saturated carbocycles. The molecule has 11 heavy (non-hydrogen) atoms. The summed E-state index contributed by atoms with van der Waals surface area (Å²) < 4.78 is 0. The van der Waals surface area contributed by atoms with Crippen LogP contribution in [-0.2, 0) is 0 Å². The first kappa shape index (κ1) is 8.50. The minimum absolute atomic E-state index is 0.941. The number of hydrogen-bond donors (Lipinski definition) is 1. The molecule has 0 aromatic heterocycles. The van der Waals surface area contributed by atoms with Crippen LogP contribution in [0.15, 0.2) is 24.8 Å². The lowest BCUT2D eigenvalue weighted by molar-refractivity contribution is 0.362. The smallest absolute Gasteiger partial charge is 0.0484 e. The summed E-state index contributed by atoms with van der Waals surface area (Å²) in [5.74, 6) is 0. The summed E-state index contributed by atoms with van der Waals surface area (Å²) in [5.41, 5.74) is 1.25. The monoisotopic (exact) mass is 152 g/mol. The quantitative estimate of drug-likeness (QED) is 0.604. The molecule has 1 aliphatic rings. The molecule has 1 heterocycles. The lowest BCUT2D eigenvalue weighted by Crippen LogP contribution is -2.24. The Hall–Kier alpha value is -0.600. The van der Waals surface area contributed by atoms with E-state index in [0.717, 1.165) is 32.7 Å².